The van der Waals surface area contributed by atoms with Gasteiger partial charge in [-0.05, 0) is 47.1 Å². The molecule has 0 aliphatic heterocycles. The van der Waals surface area contributed by atoms with Crippen molar-refractivity contribution in [3.8, 4) is 0 Å². The van der Waals surface area contributed by atoms with E-state index in [1.54, 1.807) is 23.5 Å². The van der Waals surface area contributed by atoms with E-state index in [4.69, 9.17) is 16.0 Å². The smallest absolute Gasteiger partial charge is 0.287 e. The molecule has 0 aliphatic carbocycles. The Morgan fingerprint density at radius 1 is 1.43 bits per heavy atom. The maximum absolute atomic E-state index is 12.3. The fourth-order valence-corrected chi connectivity index (χ4v) is 3.67. The van der Waals surface area contributed by atoms with Gasteiger partial charge in [0.2, 0.25) is 0 Å². The Labute approximate surface area is 139 Å². The molecule has 0 atom stereocenters. The number of benzene rings is 1. The van der Waals surface area contributed by atoms with Crippen LogP contribution < -0.4 is 5.32 Å². The monoisotopic (exact) mass is 383 g/mol. The lowest BCUT2D eigenvalue weighted by molar-refractivity contribution is 0.0925. The number of nitrogens with one attached hydrogen (secondary N) is 1. The molecule has 0 aliphatic rings. The highest BCUT2D eigenvalue weighted by Gasteiger charge is 2.17. The zero-order valence-electron chi connectivity index (χ0n) is 11.1. The van der Waals surface area contributed by atoms with Crippen molar-refractivity contribution in [2.24, 2.45) is 0 Å². The summed E-state index contributed by atoms with van der Waals surface area (Å²) < 4.78 is 6.65. The third-order valence-electron chi connectivity index (χ3n) is 3.15. The molecular weight excluding hydrogens is 374 g/mol. The molecule has 2 aromatic heterocycles. The fraction of sp³-hybridized carbons (Fsp3) is 0.133. The third-order valence-corrected chi connectivity index (χ3v) is 5.08. The first kappa shape index (κ1) is 14.6. The number of carbonyl (C=O) groups is 1. The molecule has 0 bridgehead atoms. The van der Waals surface area contributed by atoms with Crippen molar-refractivity contribution in [3.63, 3.8) is 0 Å². The summed E-state index contributed by atoms with van der Waals surface area (Å²) in [6, 6.07) is 7.31. The van der Waals surface area contributed by atoms with Crippen molar-refractivity contribution in [2.75, 3.05) is 0 Å². The number of furan rings is 1. The van der Waals surface area contributed by atoms with Gasteiger partial charge >= 0.3 is 0 Å². The quantitative estimate of drug-likeness (QED) is 0.678. The molecule has 0 radical (unpaired) electrons. The van der Waals surface area contributed by atoms with Gasteiger partial charge in [0.15, 0.2) is 5.76 Å². The molecule has 1 amide bonds. The minimum absolute atomic E-state index is 0.218. The second kappa shape index (κ2) is 5.83. The molecule has 6 heteroatoms. The average Bonchev–Trinajstić information content (AvgIpc) is 3.01. The molecular formula is C15H11BrClNO2S. The van der Waals surface area contributed by atoms with E-state index in [1.807, 2.05) is 24.4 Å². The maximum Gasteiger partial charge on any atom is 0.287 e. The van der Waals surface area contributed by atoms with Gasteiger partial charge in [-0.1, -0.05) is 11.6 Å². The summed E-state index contributed by atoms with van der Waals surface area (Å²) in [5.74, 6) is 0.118. The van der Waals surface area contributed by atoms with Crippen LogP contribution in [0, 0.1) is 6.92 Å². The van der Waals surface area contributed by atoms with Gasteiger partial charge in [0.1, 0.15) is 5.58 Å². The molecule has 1 aromatic carbocycles. The normalized spacial score (nSPS) is 11.0. The van der Waals surface area contributed by atoms with E-state index in [2.05, 4.69) is 21.2 Å². The van der Waals surface area contributed by atoms with E-state index in [9.17, 15) is 4.79 Å². The van der Waals surface area contributed by atoms with E-state index >= 15 is 0 Å². The van der Waals surface area contributed by atoms with Crippen LogP contribution in [0.3, 0.4) is 0 Å². The molecule has 3 aromatic rings. The van der Waals surface area contributed by atoms with Crippen LogP contribution in [-0.2, 0) is 6.54 Å². The number of thiophene rings is 1. The van der Waals surface area contributed by atoms with E-state index < -0.39 is 0 Å². The van der Waals surface area contributed by atoms with Crippen molar-refractivity contribution in [3.05, 3.63) is 55.3 Å². The number of amides is 1. The molecule has 0 saturated heterocycles. The molecule has 0 saturated carbocycles. The summed E-state index contributed by atoms with van der Waals surface area (Å²) in [6.45, 7) is 2.34. The Hall–Kier alpha value is -1.30. The van der Waals surface area contributed by atoms with Crippen molar-refractivity contribution in [1.29, 1.82) is 0 Å². The molecule has 3 nitrogen and oxygen atoms in total. The summed E-state index contributed by atoms with van der Waals surface area (Å²) in [5.41, 5.74) is 1.47. The molecule has 0 unspecified atom stereocenters. The predicted octanol–water partition coefficient (Wildman–Crippen LogP) is 5.15. The molecule has 1 N–H and O–H groups in total. The van der Waals surface area contributed by atoms with Crippen molar-refractivity contribution in [2.45, 2.75) is 13.5 Å². The standard InChI is InChI=1S/C15H11BrClNO2S/c1-8-12-5-10(17)2-3-13(12)20-14(8)15(19)18-6-11-4-9(16)7-21-11/h2-5,7H,6H2,1H3,(H,18,19). The Bertz CT molecular complexity index is 824. The van der Waals surface area contributed by atoms with Crippen LogP contribution >= 0.6 is 38.9 Å². The van der Waals surface area contributed by atoms with Gasteiger partial charge < -0.3 is 9.73 Å². The number of aryl methyl sites for hydroxylation is 1. The molecule has 108 valence electrons. The molecule has 2 heterocycles. The van der Waals surface area contributed by atoms with Crippen LogP contribution in [0.5, 0.6) is 0 Å². The first-order valence-corrected chi connectivity index (χ1v) is 8.29. The Morgan fingerprint density at radius 3 is 2.95 bits per heavy atom. The fourth-order valence-electron chi connectivity index (χ4n) is 2.10. The second-order valence-corrected chi connectivity index (χ2v) is 6.96. The predicted molar refractivity (Wildman–Crippen MR) is 89.2 cm³/mol. The Balaban J connectivity index is 1.82. The lowest BCUT2D eigenvalue weighted by Gasteiger charge is -2.01. The summed E-state index contributed by atoms with van der Waals surface area (Å²) >= 11 is 11.0. The molecule has 3 rings (SSSR count). The Kier molecular flexibility index (Phi) is 4.06. The van der Waals surface area contributed by atoms with Crippen molar-refractivity contribution < 1.29 is 9.21 Å². The van der Waals surface area contributed by atoms with Crippen LogP contribution in [0.25, 0.3) is 11.0 Å². The lowest BCUT2D eigenvalue weighted by atomic mass is 10.1. The van der Waals surface area contributed by atoms with Crippen molar-refractivity contribution >= 4 is 55.7 Å². The highest BCUT2D eigenvalue weighted by atomic mass is 79.9. The maximum atomic E-state index is 12.3. The van der Waals surface area contributed by atoms with Crippen LogP contribution in [0.1, 0.15) is 21.0 Å². The largest absolute Gasteiger partial charge is 0.451 e. The minimum Gasteiger partial charge on any atom is -0.451 e. The van der Waals surface area contributed by atoms with E-state index in [0.29, 0.717) is 22.9 Å². The average molecular weight is 385 g/mol. The second-order valence-electron chi connectivity index (χ2n) is 4.61. The number of halogens is 2. The van der Waals surface area contributed by atoms with Gasteiger partial charge in [0, 0.05) is 30.7 Å². The zero-order chi connectivity index (χ0) is 15.0. The molecule has 21 heavy (non-hydrogen) atoms. The van der Waals surface area contributed by atoms with Gasteiger partial charge in [-0.15, -0.1) is 11.3 Å². The highest BCUT2D eigenvalue weighted by Crippen LogP contribution is 2.28. The van der Waals surface area contributed by atoms with Gasteiger partial charge in [0.25, 0.3) is 5.91 Å². The number of hydrogen-bond donors (Lipinski definition) is 1. The first-order chi connectivity index (χ1) is 10.0. The van der Waals surface area contributed by atoms with Gasteiger partial charge in [-0.2, -0.15) is 0 Å². The summed E-state index contributed by atoms with van der Waals surface area (Å²) in [7, 11) is 0. The highest BCUT2D eigenvalue weighted by molar-refractivity contribution is 9.10. The summed E-state index contributed by atoms with van der Waals surface area (Å²) in [6.07, 6.45) is 0. The van der Waals surface area contributed by atoms with Crippen LogP contribution in [0.15, 0.2) is 38.5 Å². The summed E-state index contributed by atoms with van der Waals surface area (Å²) in [4.78, 5) is 13.3. The zero-order valence-corrected chi connectivity index (χ0v) is 14.2. The lowest BCUT2D eigenvalue weighted by Crippen LogP contribution is -2.22. The van der Waals surface area contributed by atoms with Gasteiger partial charge in [-0.25, -0.2) is 0 Å². The van der Waals surface area contributed by atoms with E-state index in [-0.39, 0.29) is 5.91 Å². The van der Waals surface area contributed by atoms with Crippen LogP contribution in [0.4, 0.5) is 0 Å². The van der Waals surface area contributed by atoms with E-state index in [1.165, 1.54) is 0 Å². The van der Waals surface area contributed by atoms with Crippen molar-refractivity contribution in [1.82, 2.24) is 5.32 Å². The van der Waals surface area contributed by atoms with Gasteiger partial charge in [0.05, 0.1) is 6.54 Å². The molecule has 0 spiro atoms. The summed E-state index contributed by atoms with van der Waals surface area (Å²) in [5, 5.41) is 6.34. The Morgan fingerprint density at radius 2 is 2.24 bits per heavy atom. The number of fused-ring (bicyclic) bond motifs is 1. The number of rotatable bonds is 3. The molecule has 0 fully saturated rings. The number of carbonyl (C=O) groups excluding carboxylic acids is 1. The SMILES string of the molecule is Cc1c(C(=O)NCc2cc(Br)cs2)oc2ccc(Cl)cc12. The van der Waals surface area contributed by atoms with Gasteiger partial charge in [-0.3, -0.25) is 4.79 Å². The minimum atomic E-state index is -0.218. The van der Waals surface area contributed by atoms with Crippen LogP contribution in [0.2, 0.25) is 5.02 Å². The topological polar surface area (TPSA) is 42.2 Å². The van der Waals surface area contributed by atoms with E-state index in [0.717, 1.165) is 20.3 Å². The first-order valence-electron chi connectivity index (χ1n) is 6.24. The third kappa shape index (κ3) is 3.00. The van der Waals surface area contributed by atoms with Crippen LogP contribution in [-0.4, -0.2) is 5.91 Å². The number of hydrogen-bond acceptors (Lipinski definition) is 3.